The number of halogens is 4. The number of hydrogen-bond donors (Lipinski definition) is 1. The van der Waals surface area contributed by atoms with Crippen molar-refractivity contribution in [2.45, 2.75) is 39.5 Å². The summed E-state index contributed by atoms with van der Waals surface area (Å²) in [4.78, 5) is 12.5. The molecule has 0 heterocycles. The Labute approximate surface area is 155 Å². The predicted molar refractivity (Wildman–Crippen MR) is 95.7 cm³/mol. The SMILES string of the molecule is CC[C@@H](Oc1cccc(C)c1C)C(=O)Nc1cc(C(F)(F)F)ccc1Cl. The molecule has 3 nitrogen and oxygen atoms in total. The maximum atomic E-state index is 12.9. The molecule has 0 radical (unpaired) electrons. The Morgan fingerprint density at radius 3 is 2.54 bits per heavy atom. The van der Waals surface area contributed by atoms with Gasteiger partial charge in [0.25, 0.3) is 5.91 Å². The van der Waals surface area contributed by atoms with Crippen LogP contribution in [0.1, 0.15) is 30.0 Å². The topological polar surface area (TPSA) is 38.3 Å². The molecule has 0 aliphatic heterocycles. The number of amides is 1. The Bertz CT molecular complexity index is 806. The van der Waals surface area contributed by atoms with Crippen LogP contribution in [0, 0.1) is 13.8 Å². The molecule has 0 aliphatic carbocycles. The number of nitrogens with one attached hydrogen (secondary N) is 1. The van der Waals surface area contributed by atoms with Crippen LogP contribution >= 0.6 is 11.6 Å². The molecule has 0 saturated heterocycles. The second-order valence-corrected chi connectivity index (χ2v) is 6.30. The van der Waals surface area contributed by atoms with Gasteiger partial charge in [0, 0.05) is 0 Å². The van der Waals surface area contributed by atoms with Crippen molar-refractivity contribution in [3.8, 4) is 5.75 Å². The van der Waals surface area contributed by atoms with E-state index >= 15 is 0 Å². The number of carbonyl (C=O) groups is 1. The highest BCUT2D eigenvalue weighted by atomic mass is 35.5. The largest absolute Gasteiger partial charge is 0.480 e. The van der Waals surface area contributed by atoms with Crippen LogP contribution in [0.15, 0.2) is 36.4 Å². The maximum absolute atomic E-state index is 12.9. The first-order valence-corrected chi connectivity index (χ1v) is 8.41. The van der Waals surface area contributed by atoms with Gasteiger partial charge in [0.05, 0.1) is 16.3 Å². The molecule has 2 rings (SSSR count). The molecule has 2 aromatic rings. The Morgan fingerprint density at radius 1 is 1.23 bits per heavy atom. The standard InChI is InChI=1S/C19H19ClF3NO2/c1-4-16(26-17-7-5-6-11(2)12(17)3)18(25)24-15-10-13(19(21,22)23)8-9-14(15)20/h5-10,16H,4H2,1-3H3,(H,24,25)/t16-/m1/s1. The summed E-state index contributed by atoms with van der Waals surface area (Å²) in [7, 11) is 0. The lowest BCUT2D eigenvalue weighted by Gasteiger charge is -2.20. The zero-order valence-corrected chi connectivity index (χ0v) is 15.3. The molecule has 0 spiro atoms. The fraction of sp³-hybridized carbons (Fsp3) is 0.316. The van der Waals surface area contributed by atoms with Gasteiger partial charge in [-0.1, -0.05) is 30.7 Å². The molecule has 2 aromatic carbocycles. The third-order valence-electron chi connectivity index (χ3n) is 4.04. The number of alkyl halides is 3. The molecule has 26 heavy (non-hydrogen) atoms. The second kappa shape index (κ2) is 7.99. The number of anilines is 1. The Kier molecular flexibility index (Phi) is 6.18. The van der Waals surface area contributed by atoms with Gasteiger partial charge < -0.3 is 10.1 Å². The van der Waals surface area contributed by atoms with Crippen molar-refractivity contribution in [3.63, 3.8) is 0 Å². The van der Waals surface area contributed by atoms with Crippen molar-refractivity contribution in [2.24, 2.45) is 0 Å². The second-order valence-electron chi connectivity index (χ2n) is 5.89. The molecule has 1 N–H and O–H groups in total. The molecule has 0 bridgehead atoms. The Balaban J connectivity index is 2.21. The average molecular weight is 386 g/mol. The van der Waals surface area contributed by atoms with Gasteiger partial charge >= 0.3 is 6.18 Å². The number of hydrogen-bond acceptors (Lipinski definition) is 2. The number of carbonyl (C=O) groups excluding carboxylic acids is 1. The van der Waals surface area contributed by atoms with Gasteiger partial charge in [0.15, 0.2) is 6.10 Å². The van der Waals surface area contributed by atoms with E-state index in [1.165, 1.54) is 0 Å². The van der Waals surface area contributed by atoms with Crippen molar-refractivity contribution in [2.75, 3.05) is 5.32 Å². The summed E-state index contributed by atoms with van der Waals surface area (Å²) in [6.45, 7) is 5.55. The molecular weight excluding hydrogens is 367 g/mol. The Morgan fingerprint density at radius 2 is 1.92 bits per heavy atom. The van der Waals surface area contributed by atoms with Gasteiger partial charge in [-0.25, -0.2) is 0 Å². The number of aryl methyl sites for hydroxylation is 1. The number of benzene rings is 2. The van der Waals surface area contributed by atoms with E-state index in [0.29, 0.717) is 12.2 Å². The predicted octanol–water partition coefficient (Wildman–Crippen LogP) is 5.77. The quantitative estimate of drug-likeness (QED) is 0.709. The van der Waals surface area contributed by atoms with Crippen molar-refractivity contribution in [1.29, 1.82) is 0 Å². The average Bonchev–Trinajstić information content (AvgIpc) is 2.57. The van der Waals surface area contributed by atoms with Crippen LogP contribution in [-0.4, -0.2) is 12.0 Å². The zero-order chi connectivity index (χ0) is 19.5. The van der Waals surface area contributed by atoms with Crippen LogP contribution in [0.4, 0.5) is 18.9 Å². The number of ether oxygens (including phenoxy) is 1. The van der Waals surface area contributed by atoms with E-state index in [0.717, 1.165) is 29.3 Å². The molecule has 1 amide bonds. The minimum absolute atomic E-state index is 0.0212. The van der Waals surface area contributed by atoms with Gasteiger partial charge in [-0.05, 0) is 55.7 Å². The van der Waals surface area contributed by atoms with Crippen molar-refractivity contribution in [3.05, 3.63) is 58.1 Å². The minimum Gasteiger partial charge on any atom is -0.480 e. The summed E-state index contributed by atoms with van der Waals surface area (Å²) in [5, 5.41) is 2.45. The molecule has 0 saturated carbocycles. The molecule has 0 aliphatic rings. The Hall–Kier alpha value is -2.21. The lowest BCUT2D eigenvalue weighted by atomic mass is 10.1. The van der Waals surface area contributed by atoms with Crippen molar-refractivity contribution < 1.29 is 22.7 Å². The molecule has 0 unspecified atom stereocenters. The molecule has 1 atom stereocenters. The minimum atomic E-state index is -4.52. The molecule has 7 heteroatoms. The van der Waals surface area contributed by atoms with Crippen LogP contribution in [0.25, 0.3) is 0 Å². The first-order valence-electron chi connectivity index (χ1n) is 8.04. The van der Waals surface area contributed by atoms with Crippen LogP contribution in [0.5, 0.6) is 5.75 Å². The summed E-state index contributed by atoms with van der Waals surface area (Å²) in [5.74, 6) is -0.00299. The molecular formula is C19H19ClF3NO2. The van der Waals surface area contributed by atoms with Crippen molar-refractivity contribution in [1.82, 2.24) is 0 Å². The highest BCUT2D eigenvalue weighted by Crippen LogP contribution is 2.34. The van der Waals surface area contributed by atoms with Gasteiger partial charge in [-0.15, -0.1) is 0 Å². The van der Waals surface area contributed by atoms with E-state index in [1.54, 1.807) is 13.0 Å². The summed E-state index contributed by atoms with van der Waals surface area (Å²) >= 11 is 5.92. The van der Waals surface area contributed by atoms with E-state index in [1.807, 2.05) is 26.0 Å². The lowest BCUT2D eigenvalue weighted by Crippen LogP contribution is -2.32. The molecule has 0 aromatic heterocycles. The van der Waals surface area contributed by atoms with E-state index in [9.17, 15) is 18.0 Å². The van der Waals surface area contributed by atoms with Crippen LogP contribution < -0.4 is 10.1 Å². The third kappa shape index (κ3) is 4.69. The highest BCUT2D eigenvalue weighted by molar-refractivity contribution is 6.33. The number of rotatable bonds is 5. The van der Waals surface area contributed by atoms with Gasteiger partial charge in [-0.3, -0.25) is 4.79 Å². The monoisotopic (exact) mass is 385 g/mol. The fourth-order valence-corrected chi connectivity index (χ4v) is 2.50. The first kappa shape index (κ1) is 20.1. The third-order valence-corrected chi connectivity index (χ3v) is 4.37. The van der Waals surface area contributed by atoms with Crippen LogP contribution in [-0.2, 0) is 11.0 Å². The fourth-order valence-electron chi connectivity index (χ4n) is 2.34. The summed E-state index contributed by atoms with van der Waals surface area (Å²) in [6, 6.07) is 8.26. The maximum Gasteiger partial charge on any atom is 0.416 e. The summed E-state index contributed by atoms with van der Waals surface area (Å²) < 4.78 is 44.3. The zero-order valence-electron chi connectivity index (χ0n) is 14.6. The van der Waals surface area contributed by atoms with Gasteiger partial charge in [0.2, 0.25) is 0 Å². The lowest BCUT2D eigenvalue weighted by molar-refractivity contribution is -0.137. The normalized spacial score (nSPS) is 12.6. The molecule has 140 valence electrons. The highest BCUT2D eigenvalue weighted by Gasteiger charge is 2.31. The first-order chi connectivity index (χ1) is 12.1. The van der Waals surface area contributed by atoms with E-state index in [2.05, 4.69) is 5.32 Å². The van der Waals surface area contributed by atoms with Crippen molar-refractivity contribution >= 4 is 23.2 Å². The van der Waals surface area contributed by atoms with Gasteiger partial charge in [0.1, 0.15) is 5.75 Å². The van der Waals surface area contributed by atoms with Crippen LogP contribution in [0.2, 0.25) is 5.02 Å². The van der Waals surface area contributed by atoms with E-state index in [-0.39, 0.29) is 10.7 Å². The summed E-state index contributed by atoms with van der Waals surface area (Å²) in [6.07, 6.45) is -5.04. The smallest absolute Gasteiger partial charge is 0.416 e. The van der Waals surface area contributed by atoms with E-state index < -0.39 is 23.8 Å². The van der Waals surface area contributed by atoms with E-state index in [4.69, 9.17) is 16.3 Å². The molecule has 0 fully saturated rings. The van der Waals surface area contributed by atoms with Crippen LogP contribution in [0.3, 0.4) is 0 Å². The summed E-state index contributed by atoms with van der Waals surface area (Å²) in [5.41, 5.74) is 0.921. The van der Waals surface area contributed by atoms with Gasteiger partial charge in [-0.2, -0.15) is 13.2 Å².